The van der Waals surface area contributed by atoms with Crippen molar-refractivity contribution in [3.05, 3.63) is 23.5 Å². The summed E-state index contributed by atoms with van der Waals surface area (Å²) in [6.07, 6.45) is 2.17. The van der Waals surface area contributed by atoms with E-state index in [1.807, 2.05) is 0 Å². The van der Waals surface area contributed by atoms with Crippen molar-refractivity contribution in [1.29, 1.82) is 0 Å². The number of hydrogen-bond acceptors (Lipinski definition) is 0. The van der Waals surface area contributed by atoms with Crippen molar-refractivity contribution < 1.29 is 0 Å². The number of allylic oxidation sites excluding steroid dienone is 1. The molecule has 0 atom stereocenters. The fourth-order valence-corrected chi connectivity index (χ4v) is 6.29. The molecule has 0 radical (unpaired) electrons. The van der Waals surface area contributed by atoms with Gasteiger partial charge in [-0.2, -0.15) is 10.0 Å². The first kappa shape index (κ1) is 13.8. The standard InChI is InChI=1S/C13H26S/c1-9-11-14(10-2,12(3,4)5)13(6,7)8/h9-11H,2H2,1,3-8H3/b11-9-. The van der Waals surface area contributed by atoms with E-state index in [4.69, 9.17) is 0 Å². The summed E-state index contributed by atoms with van der Waals surface area (Å²) in [4.78, 5) is 0. The normalized spacial score (nSPS) is 15.9. The molecule has 0 aromatic heterocycles. The maximum Gasteiger partial charge on any atom is -0.00111 e. The van der Waals surface area contributed by atoms with Crippen LogP contribution in [0, 0.1) is 0 Å². The number of hydrogen-bond donors (Lipinski definition) is 0. The van der Waals surface area contributed by atoms with E-state index in [0.717, 1.165) is 0 Å². The van der Waals surface area contributed by atoms with E-state index in [1.165, 1.54) is 0 Å². The molecule has 0 aliphatic heterocycles. The third-order valence-electron chi connectivity index (χ3n) is 2.64. The largest absolute Gasteiger partial charge is 0.192 e. The smallest absolute Gasteiger partial charge is 0.00111 e. The van der Waals surface area contributed by atoms with Gasteiger partial charge in [0.1, 0.15) is 0 Å². The molecule has 0 saturated heterocycles. The Balaban J connectivity index is 5.56. The Kier molecular flexibility index (Phi) is 4.09. The molecule has 0 N–H and O–H groups in total. The molecule has 0 aromatic carbocycles. The zero-order valence-electron chi connectivity index (χ0n) is 10.8. The van der Waals surface area contributed by atoms with E-state index < -0.39 is 10.0 Å². The van der Waals surface area contributed by atoms with Gasteiger partial charge in [-0.3, -0.25) is 0 Å². The fraction of sp³-hybridized carbons (Fsp3) is 0.692. The van der Waals surface area contributed by atoms with Crippen molar-refractivity contribution in [2.24, 2.45) is 0 Å². The molecule has 14 heavy (non-hydrogen) atoms. The van der Waals surface area contributed by atoms with E-state index in [1.54, 1.807) is 0 Å². The summed E-state index contributed by atoms with van der Waals surface area (Å²) >= 11 is 0. The van der Waals surface area contributed by atoms with Crippen LogP contribution in [0.5, 0.6) is 0 Å². The van der Waals surface area contributed by atoms with Crippen LogP contribution in [-0.2, 0) is 0 Å². The second kappa shape index (κ2) is 4.14. The third kappa shape index (κ3) is 2.25. The van der Waals surface area contributed by atoms with E-state index >= 15 is 0 Å². The molecule has 0 heterocycles. The Labute approximate surface area is 91.8 Å². The monoisotopic (exact) mass is 214 g/mol. The van der Waals surface area contributed by atoms with Crippen LogP contribution in [-0.4, -0.2) is 9.49 Å². The number of rotatable bonds is 2. The van der Waals surface area contributed by atoms with Gasteiger partial charge < -0.3 is 0 Å². The highest BCUT2D eigenvalue weighted by Gasteiger charge is 2.41. The minimum absolute atomic E-state index is 0.277. The maximum absolute atomic E-state index is 4.07. The first-order valence-electron chi connectivity index (χ1n) is 5.20. The summed E-state index contributed by atoms with van der Waals surface area (Å²) in [5, 5.41) is 4.56. The van der Waals surface area contributed by atoms with Gasteiger partial charge in [-0.25, -0.2) is 0 Å². The molecule has 0 aliphatic carbocycles. The molecular weight excluding hydrogens is 188 g/mol. The summed E-state index contributed by atoms with van der Waals surface area (Å²) in [5.74, 6) is 0. The zero-order valence-corrected chi connectivity index (χ0v) is 11.7. The third-order valence-corrected chi connectivity index (χ3v) is 7.92. The highest BCUT2D eigenvalue weighted by molar-refractivity contribution is 8.40. The Hall–Kier alpha value is -0.170. The Bertz CT molecular complexity index is 209. The van der Waals surface area contributed by atoms with E-state index in [2.05, 4.69) is 71.9 Å². The SMILES string of the molecule is C=CS(/C=C\C)(C(C)(C)C)C(C)(C)C. The summed E-state index contributed by atoms with van der Waals surface area (Å²) in [6, 6.07) is 0. The lowest BCUT2D eigenvalue weighted by atomic mass is 10.2. The minimum Gasteiger partial charge on any atom is -0.192 e. The molecule has 0 rings (SSSR count). The Morgan fingerprint density at radius 3 is 1.36 bits per heavy atom. The van der Waals surface area contributed by atoms with Gasteiger partial charge in [-0.15, -0.1) is 0 Å². The second-order valence-electron chi connectivity index (χ2n) is 5.57. The van der Waals surface area contributed by atoms with Gasteiger partial charge in [0.2, 0.25) is 0 Å². The molecule has 84 valence electrons. The zero-order chi connectivity index (χ0) is 11.6. The summed E-state index contributed by atoms with van der Waals surface area (Å²) in [7, 11) is -0.933. The lowest BCUT2D eigenvalue weighted by Crippen LogP contribution is -2.35. The molecule has 0 aromatic rings. The van der Waals surface area contributed by atoms with Crippen LogP contribution in [0.2, 0.25) is 0 Å². The highest BCUT2D eigenvalue weighted by atomic mass is 32.3. The topological polar surface area (TPSA) is 0 Å². The fourth-order valence-electron chi connectivity index (χ4n) is 2.10. The average Bonchev–Trinajstić information content (AvgIpc) is 1.94. The van der Waals surface area contributed by atoms with Crippen LogP contribution in [0.4, 0.5) is 0 Å². The molecular formula is C13H26S. The van der Waals surface area contributed by atoms with Crippen LogP contribution in [0.15, 0.2) is 23.5 Å². The van der Waals surface area contributed by atoms with Crippen LogP contribution in [0.25, 0.3) is 0 Å². The maximum atomic E-state index is 4.07. The van der Waals surface area contributed by atoms with Gasteiger partial charge in [0.15, 0.2) is 0 Å². The molecule has 0 unspecified atom stereocenters. The van der Waals surface area contributed by atoms with E-state index in [-0.39, 0.29) is 9.49 Å². The first-order chi connectivity index (χ1) is 6.12. The lowest BCUT2D eigenvalue weighted by Gasteiger charge is -2.55. The minimum atomic E-state index is -0.933. The predicted octanol–water partition coefficient (Wildman–Crippen LogP) is 5.07. The van der Waals surface area contributed by atoms with Gasteiger partial charge in [-0.05, 0) is 27.2 Å². The van der Waals surface area contributed by atoms with Crippen LogP contribution >= 0.6 is 10.0 Å². The molecule has 0 fully saturated rings. The van der Waals surface area contributed by atoms with Crippen LogP contribution < -0.4 is 0 Å². The van der Waals surface area contributed by atoms with Crippen molar-refractivity contribution in [3.63, 3.8) is 0 Å². The van der Waals surface area contributed by atoms with Crippen molar-refractivity contribution in [2.45, 2.75) is 58.0 Å². The van der Waals surface area contributed by atoms with Gasteiger partial charge in [0.25, 0.3) is 0 Å². The first-order valence-corrected chi connectivity index (χ1v) is 6.96. The highest BCUT2D eigenvalue weighted by Crippen LogP contribution is 2.69. The molecule has 0 saturated carbocycles. The lowest BCUT2D eigenvalue weighted by molar-refractivity contribution is 0.722. The van der Waals surface area contributed by atoms with E-state index in [9.17, 15) is 0 Å². The van der Waals surface area contributed by atoms with Gasteiger partial charge in [-0.1, -0.05) is 54.2 Å². The van der Waals surface area contributed by atoms with Gasteiger partial charge in [0, 0.05) is 0 Å². The molecule has 0 spiro atoms. The van der Waals surface area contributed by atoms with Crippen molar-refractivity contribution in [3.8, 4) is 0 Å². The van der Waals surface area contributed by atoms with Crippen LogP contribution in [0.1, 0.15) is 48.5 Å². The summed E-state index contributed by atoms with van der Waals surface area (Å²) < 4.78 is 0.555. The van der Waals surface area contributed by atoms with Gasteiger partial charge >= 0.3 is 0 Å². The molecule has 1 heteroatoms. The second-order valence-corrected chi connectivity index (χ2v) is 10.0. The molecule has 0 bridgehead atoms. The molecule has 0 nitrogen and oxygen atoms in total. The summed E-state index contributed by atoms with van der Waals surface area (Å²) in [5.41, 5.74) is 0. The van der Waals surface area contributed by atoms with Gasteiger partial charge in [0.05, 0.1) is 0 Å². The van der Waals surface area contributed by atoms with Crippen molar-refractivity contribution in [1.82, 2.24) is 0 Å². The van der Waals surface area contributed by atoms with Crippen LogP contribution in [0.3, 0.4) is 0 Å². The Morgan fingerprint density at radius 2 is 1.29 bits per heavy atom. The average molecular weight is 214 g/mol. The van der Waals surface area contributed by atoms with Crippen molar-refractivity contribution in [2.75, 3.05) is 0 Å². The van der Waals surface area contributed by atoms with E-state index in [0.29, 0.717) is 0 Å². The quantitative estimate of drug-likeness (QED) is 0.602. The van der Waals surface area contributed by atoms with Crippen molar-refractivity contribution >= 4 is 10.0 Å². The molecule has 0 amide bonds. The Morgan fingerprint density at radius 1 is 0.929 bits per heavy atom. The molecule has 0 aliphatic rings. The predicted molar refractivity (Wildman–Crippen MR) is 72.1 cm³/mol. The summed E-state index contributed by atoms with van der Waals surface area (Å²) in [6.45, 7) is 20.1.